The van der Waals surface area contributed by atoms with Gasteiger partial charge in [-0.25, -0.2) is 9.97 Å². The first kappa shape index (κ1) is 10.4. The lowest BCUT2D eigenvalue weighted by atomic mass is 10.1. The molecule has 0 radical (unpaired) electrons. The second-order valence-corrected chi connectivity index (χ2v) is 4.26. The molecule has 84 valence electrons. The number of hydrogen-bond donors (Lipinski definition) is 0. The molecule has 4 heteroatoms. The van der Waals surface area contributed by atoms with Crippen LogP contribution in [-0.4, -0.2) is 15.0 Å². The lowest BCUT2D eigenvalue weighted by Gasteiger charge is -2.03. The molecule has 0 unspecified atom stereocenters. The number of fused-ring (bicyclic) bond motifs is 2. The molecule has 2 aromatic heterocycles. The molecule has 0 amide bonds. The Hall–Kier alpha value is -1.74. The average molecular weight is 244 g/mol. The van der Waals surface area contributed by atoms with Crippen LogP contribution in [0.2, 0.25) is 5.28 Å². The summed E-state index contributed by atoms with van der Waals surface area (Å²) in [7, 11) is 0. The van der Waals surface area contributed by atoms with Gasteiger partial charge in [-0.05, 0) is 41.8 Å². The Morgan fingerprint density at radius 1 is 1.12 bits per heavy atom. The van der Waals surface area contributed by atoms with Crippen LogP contribution >= 0.6 is 11.6 Å². The van der Waals surface area contributed by atoms with E-state index >= 15 is 0 Å². The van der Waals surface area contributed by atoms with Crippen molar-refractivity contribution in [2.24, 2.45) is 0 Å². The third kappa shape index (κ3) is 1.83. The Morgan fingerprint density at radius 3 is 2.82 bits per heavy atom. The van der Waals surface area contributed by atoms with Crippen molar-refractivity contribution in [3.05, 3.63) is 41.3 Å². The van der Waals surface area contributed by atoms with E-state index in [1.165, 1.54) is 5.56 Å². The first-order chi connectivity index (χ1) is 8.26. The molecular weight excluding hydrogens is 234 g/mol. The van der Waals surface area contributed by atoms with E-state index in [1.807, 2.05) is 12.1 Å². The molecule has 2 heterocycles. The lowest BCUT2D eigenvalue weighted by Crippen LogP contribution is -1.89. The van der Waals surface area contributed by atoms with Crippen molar-refractivity contribution >= 4 is 33.5 Å². The fourth-order valence-electron chi connectivity index (χ4n) is 1.88. The van der Waals surface area contributed by atoms with Gasteiger partial charge in [0.25, 0.3) is 0 Å². The van der Waals surface area contributed by atoms with Crippen LogP contribution in [0.3, 0.4) is 0 Å². The monoisotopic (exact) mass is 243 g/mol. The molecule has 0 aliphatic heterocycles. The highest BCUT2D eigenvalue weighted by atomic mass is 35.5. The first-order valence-electron chi connectivity index (χ1n) is 5.48. The lowest BCUT2D eigenvalue weighted by molar-refractivity contribution is 1.14. The van der Waals surface area contributed by atoms with E-state index in [4.69, 9.17) is 11.6 Å². The summed E-state index contributed by atoms with van der Waals surface area (Å²) in [6.07, 6.45) is 2.72. The summed E-state index contributed by atoms with van der Waals surface area (Å²) in [6, 6.07) is 8.30. The number of benzene rings is 1. The number of pyridine rings is 1. The third-order valence-electron chi connectivity index (χ3n) is 2.80. The molecule has 3 aromatic rings. The number of rotatable bonds is 1. The van der Waals surface area contributed by atoms with Crippen LogP contribution in [0.15, 0.2) is 30.5 Å². The maximum atomic E-state index is 5.76. The van der Waals surface area contributed by atoms with Crippen LogP contribution < -0.4 is 0 Å². The van der Waals surface area contributed by atoms with Crippen molar-refractivity contribution in [3.8, 4) is 0 Å². The molecule has 0 atom stereocenters. The van der Waals surface area contributed by atoms with Gasteiger partial charge in [-0.3, -0.25) is 0 Å². The van der Waals surface area contributed by atoms with Gasteiger partial charge < -0.3 is 0 Å². The summed E-state index contributed by atoms with van der Waals surface area (Å²) in [5.41, 5.74) is 2.87. The molecule has 1 aromatic carbocycles. The fourth-order valence-corrected chi connectivity index (χ4v) is 2.00. The van der Waals surface area contributed by atoms with Crippen LogP contribution in [-0.2, 0) is 6.42 Å². The summed E-state index contributed by atoms with van der Waals surface area (Å²) >= 11 is 5.76. The zero-order chi connectivity index (χ0) is 11.8. The molecule has 0 fully saturated rings. The molecular formula is C13H10ClN3. The molecule has 17 heavy (non-hydrogen) atoms. The van der Waals surface area contributed by atoms with E-state index in [0.717, 1.165) is 22.7 Å². The molecule has 0 saturated heterocycles. The number of halogens is 1. The van der Waals surface area contributed by atoms with Gasteiger partial charge in [0, 0.05) is 17.0 Å². The Balaban J connectivity index is 2.35. The van der Waals surface area contributed by atoms with E-state index in [-0.39, 0.29) is 5.28 Å². The predicted molar refractivity (Wildman–Crippen MR) is 69.2 cm³/mol. The largest absolute Gasteiger partial charge is 0.228 e. The number of nitrogens with zero attached hydrogens (tertiary/aromatic N) is 3. The average Bonchev–Trinajstić information content (AvgIpc) is 2.35. The van der Waals surface area contributed by atoms with Crippen LogP contribution in [0, 0.1) is 0 Å². The van der Waals surface area contributed by atoms with E-state index < -0.39 is 0 Å². The summed E-state index contributed by atoms with van der Waals surface area (Å²) in [4.78, 5) is 12.6. The van der Waals surface area contributed by atoms with Gasteiger partial charge in [0.1, 0.15) is 0 Å². The Kier molecular flexibility index (Phi) is 2.41. The second-order valence-electron chi connectivity index (χ2n) is 3.92. The summed E-state index contributed by atoms with van der Waals surface area (Å²) in [5.74, 6) is 0. The van der Waals surface area contributed by atoms with Crippen LogP contribution in [0.4, 0.5) is 0 Å². The molecule has 0 bridgehead atoms. The minimum absolute atomic E-state index is 0.231. The van der Waals surface area contributed by atoms with Crippen molar-refractivity contribution in [2.75, 3.05) is 0 Å². The summed E-state index contributed by atoms with van der Waals surface area (Å²) in [6.45, 7) is 2.14. The first-order valence-corrected chi connectivity index (χ1v) is 5.86. The van der Waals surface area contributed by atoms with E-state index in [1.54, 1.807) is 6.20 Å². The highest BCUT2D eigenvalue weighted by Gasteiger charge is 2.03. The van der Waals surface area contributed by atoms with Crippen molar-refractivity contribution in [3.63, 3.8) is 0 Å². The van der Waals surface area contributed by atoms with Gasteiger partial charge in [0.2, 0.25) is 5.28 Å². The van der Waals surface area contributed by atoms with Crippen LogP contribution in [0.1, 0.15) is 12.5 Å². The highest BCUT2D eigenvalue weighted by molar-refractivity contribution is 6.28. The minimum atomic E-state index is 0.231. The quantitative estimate of drug-likeness (QED) is 0.486. The molecule has 0 N–H and O–H groups in total. The van der Waals surface area contributed by atoms with E-state index in [0.29, 0.717) is 5.65 Å². The predicted octanol–water partition coefficient (Wildman–Crippen LogP) is 3.39. The Morgan fingerprint density at radius 2 is 2.00 bits per heavy atom. The highest BCUT2D eigenvalue weighted by Crippen LogP contribution is 2.20. The van der Waals surface area contributed by atoms with Crippen molar-refractivity contribution in [2.45, 2.75) is 13.3 Å². The van der Waals surface area contributed by atoms with Crippen LogP contribution in [0.25, 0.3) is 21.9 Å². The molecule has 0 spiro atoms. The smallest absolute Gasteiger partial charge is 0.224 e. The Bertz CT molecular complexity index is 709. The van der Waals surface area contributed by atoms with E-state index in [9.17, 15) is 0 Å². The van der Waals surface area contributed by atoms with Gasteiger partial charge in [-0.15, -0.1) is 0 Å². The minimum Gasteiger partial charge on any atom is -0.228 e. The number of aromatic nitrogens is 3. The molecule has 0 aliphatic carbocycles. The van der Waals surface area contributed by atoms with Crippen molar-refractivity contribution in [1.82, 2.24) is 15.0 Å². The number of hydrogen-bond acceptors (Lipinski definition) is 3. The maximum absolute atomic E-state index is 5.76. The second kappa shape index (κ2) is 3.93. The topological polar surface area (TPSA) is 38.7 Å². The zero-order valence-corrected chi connectivity index (χ0v) is 10.1. The number of aryl methyl sites for hydroxylation is 1. The van der Waals surface area contributed by atoms with Crippen LogP contribution in [0.5, 0.6) is 0 Å². The van der Waals surface area contributed by atoms with Gasteiger partial charge in [0.15, 0.2) is 5.65 Å². The molecule has 0 aliphatic rings. The SMILES string of the molecule is CCc1ccc2nc3nc(Cl)ncc3cc2c1. The van der Waals surface area contributed by atoms with Gasteiger partial charge >= 0.3 is 0 Å². The third-order valence-corrected chi connectivity index (χ3v) is 2.99. The normalized spacial score (nSPS) is 11.2. The standard InChI is InChI=1S/C13H10ClN3/c1-2-8-3-4-11-9(5-8)6-10-7-15-13(14)17-12(10)16-11/h3-7H,2H2,1H3. The van der Waals surface area contributed by atoms with Gasteiger partial charge in [-0.2, -0.15) is 4.98 Å². The molecule has 3 nitrogen and oxygen atoms in total. The fraction of sp³-hybridized carbons (Fsp3) is 0.154. The van der Waals surface area contributed by atoms with Crippen molar-refractivity contribution in [1.29, 1.82) is 0 Å². The summed E-state index contributed by atoms with van der Waals surface area (Å²) < 4.78 is 0. The van der Waals surface area contributed by atoms with Gasteiger partial charge in [0.05, 0.1) is 5.52 Å². The molecule has 3 rings (SSSR count). The maximum Gasteiger partial charge on any atom is 0.224 e. The van der Waals surface area contributed by atoms with E-state index in [2.05, 4.69) is 34.0 Å². The summed E-state index contributed by atoms with van der Waals surface area (Å²) in [5, 5.41) is 2.26. The molecule has 0 saturated carbocycles. The zero-order valence-electron chi connectivity index (χ0n) is 9.31. The van der Waals surface area contributed by atoms with Crippen molar-refractivity contribution < 1.29 is 0 Å². The van der Waals surface area contributed by atoms with Gasteiger partial charge in [-0.1, -0.05) is 13.0 Å². The Labute approximate surface area is 103 Å².